The van der Waals surface area contributed by atoms with Crippen molar-refractivity contribution in [2.45, 2.75) is 6.10 Å². The van der Waals surface area contributed by atoms with Crippen LogP contribution in [-0.2, 0) is 0 Å². The summed E-state index contributed by atoms with van der Waals surface area (Å²) in [6, 6.07) is 16.4. The molecule has 0 aliphatic heterocycles. The summed E-state index contributed by atoms with van der Waals surface area (Å²) >= 11 is 5.15. The summed E-state index contributed by atoms with van der Waals surface area (Å²) in [5.74, 6) is 0.851. The lowest BCUT2D eigenvalue weighted by molar-refractivity contribution is 0.218. The second-order valence-corrected chi connectivity index (χ2v) is 6.41. The van der Waals surface area contributed by atoms with E-state index in [0.717, 1.165) is 20.5 Å². The summed E-state index contributed by atoms with van der Waals surface area (Å²) in [5, 5.41) is 4.39. The molecular weight excluding hydrogens is 334 g/mol. The molecule has 1 atom stereocenters. The molecule has 2 N–H and O–H groups in total. The number of nitrogens with two attached hydrogens (primary N) is 1. The van der Waals surface area contributed by atoms with Gasteiger partial charge in [-0.1, -0.05) is 34.1 Å². The van der Waals surface area contributed by atoms with Crippen molar-refractivity contribution in [1.29, 1.82) is 0 Å². The second-order valence-electron chi connectivity index (χ2n) is 4.51. The first-order valence-electron chi connectivity index (χ1n) is 6.36. The largest absolute Gasteiger partial charge is 0.484 e. The zero-order valence-electron chi connectivity index (χ0n) is 10.8. The van der Waals surface area contributed by atoms with Gasteiger partial charge in [0.05, 0.1) is 0 Å². The Hall–Kier alpha value is -1.36. The first-order valence-corrected chi connectivity index (χ1v) is 8.03. The van der Waals surface area contributed by atoms with E-state index in [-0.39, 0.29) is 6.10 Å². The van der Waals surface area contributed by atoms with Gasteiger partial charge in [-0.2, -0.15) is 0 Å². The van der Waals surface area contributed by atoms with Crippen molar-refractivity contribution in [2.24, 2.45) is 5.73 Å². The summed E-state index contributed by atoms with van der Waals surface area (Å²) in [5.41, 5.74) is 5.82. The van der Waals surface area contributed by atoms with Crippen molar-refractivity contribution in [3.8, 4) is 5.75 Å². The molecule has 4 heteroatoms. The smallest absolute Gasteiger partial charge is 0.145 e. The Balaban J connectivity index is 1.88. The van der Waals surface area contributed by atoms with Crippen LogP contribution in [-0.4, -0.2) is 6.54 Å². The number of thiophene rings is 1. The minimum absolute atomic E-state index is 0.0806. The van der Waals surface area contributed by atoms with Gasteiger partial charge in [-0.05, 0) is 46.5 Å². The second kappa shape index (κ2) is 5.95. The Bertz CT molecular complexity index is 712. The minimum Gasteiger partial charge on any atom is -0.484 e. The summed E-state index contributed by atoms with van der Waals surface area (Å²) < 4.78 is 7.10. The molecule has 0 spiro atoms. The molecule has 1 heterocycles. The number of halogens is 1. The van der Waals surface area contributed by atoms with Crippen molar-refractivity contribution < 1.29 is 4.74 Å². The lowest BCUT2D eigenvalue weighted by Crippen LogP contribution is -2.17. The molecule has 2 aromatic carbocycles. The molecule has 1 unspecified atom stereocenters. The Kier molecular flexibility index (Phi) is 4.05. The van der Waals surface area contributed by atoms with Crippen LogP contribution in [0.5, 0.6) is 5.75 Å². The highest BCUT2D eigenvalue weighted by molar-refractivity contribution is 9.10. The Labute approximate surface area is 130 Å². The van der Waals surface area contributed by atoms with E-state index in [4.69, 9.17) is 10.5 Å². The number of hydrogen-bond donors (Lipinski definition) is 1. The fraction of sp³-hybridized carbons (Fsp3) is 0.125. The van der Waals surface area contributed by atoms with E-state index in [2.05, 4.69) is 46.3 Å². The standard InChI is InChI=1S/C16H14BrNOS/c17-13-5-3-12-9-14(6-4-11(12)8-13)19-15(10-18)16-2-1-7-20-16/h1-9,15H,10,18H2. The number of benzene rings is 2. The van der Waals surface area contributed by atoms with Gasteiger partial charge in [-0.25, -0.2) is 0 Å². The third kappa shape index (κ3) is 2.87. The lowest BCUT2D eigenvalue weighted by Gasteiger charge is -2.16. The predicted octanol–water partition coefficient (Wildman–Crippen LogP) is 4.74. The van der Waals surface area contributed by atoms with Gasteiger partial charge >= 0.3 is 0 Å². The van der Waals surface area contributed by atoms with E-state index in [0.29, 0.717) is 6.54 Å². The fourth-order valence-corrected chi connectivity index (χ4v) is 3.28. The molecule has 20 heavy (non-hydrogen) atoms. The predicted molar refractivity (Wildman–Crippen MR) is 88.4 cm³/mol. The van der Waals surface area contributed by atoms with E-state index >= 15 is 0 Å². The number of rotatable bonds is 4. The van der Waals surface area contributed by atoms with Crippen LogP contribution in [0.1, 0.15) is 11.0 Å². The van der Waals surface area contributed by atoms with Crippen molar-refractivity contribution >= 4 is 38.0 Å². The molecule has 2 nitrogen and oxygen atoms in total. The molecule has 0 radical (unpaired) electrons. The molecule has 0 aliphatic carbocycles. The first kappa shape index (κ1) is 13.6. The first-order chi connectivity index (χ1) is 9.76. The Morgan fingerprint density at radius 3 is 2.65 bits per heavy atom. The van der Waals surface area contributed by atoms with E-state index in [1.807, 2.05) is 23.6 Å². The lowest BCUT2D eigenvalue weighted by atomic mass is 10.1. The summed E-state index contributed by atoms with van der Waals surface area (Å²) in [4.78, 5) is 1.16. The molecule has 3 rings (SSSR count). The fourth-order valence-electron chi connectivity index (χ4n) is 2.13. The average molecular weight is 348 g/mol. The van der Waals surface area contributed by atoms with E-state index in [1.54, 1.807) is 11.3 Å². The van der Waals surface area contributed by atoms with Crippen molar-refractivity contribution in [3.05, 3.63) is 63.3 Å². The molecule has 0 saturated carbocycles. The van der Waals surface area contributed by atoms with Crippen LogP contribution in [0.15, 0.2) is 58.4 Å². The van der Waals surface area contributed by atoms with Crippen LogP contribution in [0, 0.1) is 0 Å². The number of ether oxygens (including phenoxy) is 1. The van der Waals surface area contributed by atoms with Crippen LogP contribution in [0.3, 0.4) is 0 Å². The van der Waals surface area contributed by atoms with Crippen molar-refractivity contribution in [2.75, 3.05) is 6.54 Å². The molecule has 0 aliphatic rings. The molecular formula is C16H14BrNOS. The summed E-state index contributed by atoms with van der Waals surface area (Å²) in [7, 11) is 0. The van der Waals surface area contributed by atoms with Gasteiger partial charge in [-0.3, -0.25) is 0 Å². The summed E-state index contributed by atoms with van der Waals surface area (Å²) in [6.45, 7) is 0.471. The summed E-state index contributed by atoms with van der Waals surface area (Å²) in [6.07, 6.45) is -0.0806. The van der Waals surface area contributed by atoms with Gasteiger partial charge in [0.1, 0.15) is 11.9 Å². The maximum Gasteiger partial charge on any atom is 0.145 e. The normalized spacial score (nSPS) is 12.5. The van der Waals surface area contributed by atoms with Gasteiger partial charge in [0.15, 0.2) is 0 Å². The zero-order chi connectivity index (χ0) is 13.9. The van der Waals surface area contributed by atoms with E-state index in [9.17, 15) is 0 Å². The van der Waals surface area contributed by atoms with Gasteiger partial charge in [-0.15, -0.1) is 11.3 Å². The topological polar surface area (TPSA) is 35.2 Å². The van der Waals surface area contributed by atoms with E-state index in [1.165, 1.54) is 5.39 Å². The average Bonchev–Trinajstić information content (AvgIpc) is 2.99. The highest BCUT2D eigenvalue weighted by Gasteiger charge is 2.12. The molecule has 0 saturated heterocycles. The monoisotopic (exact) mass is 347 g/mol. The van der Waals surface area contributed by atoms with Gasteiger partial charge in [0.25, 0.3) is 0 Å². The molecule has 0 bridgehead atoms. The van der Waals surface area contributed by atoms with Crippen LogP contribution in [0.4, 0.5) is 0 Å². The van der Waals surface area contributed by atoms with Crippen molar-refractivity contribution in [1.82, 2.24) is 0 Å². The maximum atomic E-state index is 6.02. The highest BCUT2D eigenvalue weighted by atomic mass is 79.9. The molecule has 3 aromatic rings. The third-order valence-corrected chi connectivity index (χ3v) is 4.58. The highest BCUT2D eigenvalue weighted by Crippen LogP contribution is 2.28. The Morgan fingerprint density at radius 2 is 1.90 bits per heavy atom. The van der Waals surface area contributed by atoms with Crippen LogP contribution in [0.2, 0.25) is 0 Å². The van der Waals surface area contributed by atoms with Gasteiger partial charge < -0.3 is 10.5 Å². The van der Waals surface area contributed by atoms with Crippen LogP contribution < -0.4 is 10.5 Å². The molecule has 0 fully saturated rings. The van der Waals surface area contributed by atoms with Crippen LogP contribution in [0.25, 0.3) is 10.8 Å². The van der Waals surface area contributed by atoms with Gasteiger partial charge in [0, 0.05) is 15.9 Å². The quantitative estimate of drug-likeness (QED) is 0.739. The maximum absolute atomic E-state index is 6.02. The minimum atomic E-state index is -0.0806. The number of fused-ring (bicyclic) bond motifs is 1. The SMILES string of the molecule is NCC(Oc1ccc2cc(Br)ccc2c1)c1cccs1. The van der Waals surface area contributed by atoms with Gasteiger partial charge in [0.2, 0.25) is 0 Å². The molecule has 0 amide bonds. The molecule has 102 valence electrons. The molecule has 1 aromatic heterocycles. The van der Waals surface area contributed by atoms with E-state index < -0.39 is 0 Å². The Morgan fingerprint density at radius 1 is 1.10 bits per heavy atom. The van der Waals surface area contributed by atoms with Crippen LogP contribution >= 0.6 is 27.3 Å². The number of hydrogen-bond acceptors (Lipinski definition) is 3. The zero-order valence-corrected chi connectivity index (χ0v) is 13.2. The third-order valence-electron chi connectivity index (χ3n) is 3.13. The van der Waals surface area contributed by atoms with Crippen molar-refractivity contribution in [3.63, 3.8) is 0 Å².